The standard InChI is InChI=1S/C6H7N3O2.H2O/c7-8-5-1-3-6(4-2-5)9(10)11;/h1-4,8H,7H2;1H2. The predicted molar refractivity (Wildman–Crippen MR) is 44.5 cm³/mol. The van der Waals surface area contributed by atoms with E-state index < -0.39 is 4.92 Å². The molecule has 0 radical (unpaired) electrons. The van der Waals surface area contributed by atoms with Crippen molar-refractivity contribution in [1.29, 1.82) is 0 Å². The van der Waals surface area contributed by atoms with Gasteiger partial charge in [0.05, 0.1) is 4.92 Å². The van der Waals surface area contributed by atoms with Crippen LogP contribution in [-0.2, 0) is 0 Å². The summed E-state index contributed by atoms with van der Waals surface area (Å²) in [5.74, 6) is 5.06. The molecule has 0 aliphatic carbocycles. The fraction of sp³-hybridized carbons (Fsp3) is 0. The number of rotatable bonds is 2. The van der Waals surface area contributed by atoms with Crippen LogP contribution in [0.25, 0.3) is 0 Å². The molecule has 1 aromatic carbocycles. The van der Waals surface area contributed by atoms with Crippen LogP contribution in [-0.4, -0.2) is 10.4 Å². The summed E-state index contributed by atoms with van der Waals surface area (Å²) in [4.78, 5) is 9.70. The molecule has 0 saturated heterocycles. The lowest BCUT2D eigenvalue weighted by Gasteiger charge is -1.96. The molecular formula is C6H9N3O3. The number of nitrogens with two attached hydrogens (primary N) is 1. The van der Waals surface area contributed by atoms with Gasteiger partial charge in [0, 0.05) is 17.8 Å². The van der Waals surface area contributed by atoms with Crippen LogP contribution >= 0.6 is 0 Å². The highest BCUT2D eigenvalue weighted by Gasteiger charge is 2.01. The largest absolute Gasteiger partial charge is 0.412 e. The molecule has 66 valence electrons. The number of hydrazine groups is 1. The molecule has 6 nitrogen and oxygen atoms in total. The Morgan fingerprint density at radius 3 is 2.17 bits per heavy atom. The molecule has 0 unspecified atom stereocenters. The number of non-ortho nitro benzene ring substituents is 1. The van der Waals surface area contributed by atoms with Gasteiger partial charge in [-0.2, -0.15) is 0 Å². The SMILES string of the molecule is NNc1ccc([N+](=O)[O-])cc1.O. The molecule has 0 fully saturated rings. The Morgan fingerprint density at radius 1 is 1.33 bits per heavy atom. The molecule has 0 aliphatic heterocycles. The van der Waals surface area contributed by atoms with Crippen LogP contribution in [0.15, 0.2) is 24.3 Å². The molecule has 0 saturated carbocycles. The van der Waals surface area contributed by atoms with Gasteiger partial charge in [-0.15, -0.1) is 0 Å². The molecule has 0 amide bonds. The van der Waals surface area contributed by atoms with Gasteiger partial charge in [-0.25, -0.2) is 0 Å². The number of nitrogens with zero attached hydrogens (tertiary/aromatic N) is 1. The fourth-order valence-electron chi connectivity index (χ4n) is 0.679. The summed E-state index contributed by atoms with van der Waals surface area (Å²) in [5, 5.41) is 10.2. The third-order valence-corrected chi connectivity index (χ3v) is 1.24. The molecular weight excluding hydrogens is 162 g/mol. The van der Waals surface area contributed by atoms with Gasteiger partial charge in [-0.05, 0) is 12.1 Å². The van der Waals surface area contributed by atoms with E-state index in [0.717, 1.165) is 0 Å². The average molecular weight is 171 g/mol. The Bertz CT molecular complexity index is 259. The number of hydrogen-bond acceptors (Lipinski definition) is 4. The van der Waals surface area contributed by atoms with E-state index in [9.17, 15) is 10.1 Å². The van der Waals surface area contributed by atoms with Gasteiger partial charge in [-0.3, -0.25) is 16.0 Å². The van der Waals surface area contributed by atoms with Gasteiger partial charge in [0.1, 0.15) is 0 Å². The number of nitrogens with one attached hydrogen (secondary N) is 1. The van der Waals surface area contributed by atoms with Crippen molar-refractivity contribution < 1.29 is 10.4 Å². The second kappa shape index (κ2) is 4.27. The van der Waals surface area contributed by atoms with E-state index in [-0.39, 0.29) is 11.2 Å². The minimum Gasteiger partial charge on any atom is -0.412 e. The summed E-state index contributed by atoms with van der Waals surface area (Å²) >= 11 is 0. The summed E-state index contributed by atoms with van der Waals surface area (Å²) < 4.78 is 0. The normalized spacial score (nSPS) is 8.42. The zero-order valence-corrected chi connectivity index (χ0v) is 6.15. The predicted octanol–water partition coefficient (Wildman–Crippen LogP) is 0.0557. The number of nitro groups is 1. The van der Waals surface area contributed by atoms with Crippen molar-refractivity contribution in [3.63, 3.8) is 0 Å². The Morgan fingerprint density at radius 2 is 1.83 bits per heavy atom. The number of nitrogen functional groups attached to an aromatic ring is 1. The third-order valence-electron chi connectivity index (χ3n) is 1.24. The van der Waals surface area contributed by atoms with E-state index in [2.05, 4.69) is 5.43 Å². The second-order valence-electron chi connectivity index (χ2n) is 1.95. The molecule has 1 rings (SSSR count). The van der Waals surface area contributed by atoms with Gasteiger partial charge in [0.2, 0.25) is 0 Å². The van der Waals surface area contributed by atoms with E-state index in [1.165, 1.54) is 24.3 Å². The van der Waals surface area contributed by atoms with Crippen molar-refractivity contribution in [3.8, 4) is 0 Å². The van der Waals surface area contributed by atoms with Gasteiger partial charge >= 0.3 is 0 Å². The zero-order chi connectivity index (χ0) is 8.27. The summed E-state index contributed by atoms with van der Waals surface area (Å²) in [6.07, 6.45) is 0. The Labute approximate surface area is 68.4 Å². The van der Waals surface area contributed by atoms with Crippen LogP contribution in [0.3, 0.4) is 0 Å². The van der Waals surface area contributed by atoms with E-state index >= 15 is 0 Å². The molecule has 6 heteroatoms. The highest BCUT2D eigenvalue weighted by Crippen LogP contribution is 2.13. The van der Waals surface area contributed by atoms with Crippen molar-refractivity contribution in [2.75, 3.05) is 5.43 Å². The number of anilines is 1. The van der Waals surface area contributed by atoms with Crippen molar-refractivity contribution in [3.05, 3.63) is 34.4 Å². The average Bonchev–Trinajstić information content (AvgIpc) is 2.05. The van der Waals surface area contributed by atoms with Gasteiger partial charge in [0.25, 0.3) is 5.69 Å². The molecule has 1 aromatic rings. The highest BCUT2D eigenvalue weighted by atomic mass is 16.6. The quantitative estimate of drug-likeness (QED) is 0.372. The lowest BCUT2D eigenvalue weighted by atomic mass is 10.3. The van der Waals surface area contributed by atoms with E-state index in [1.54, 1.807) is 0 Å². The summed E-state index contributed by atoms with van der Waals surface area (Å²) in [6.45, 7) is 0. The van der Waals surface area contributed by atoms with Crippen LogP contribution in [0.5, 0.6) is 0 Å². The van der Waals surface area contributed by atoms with Gasteiger partial charge < -0.3 is 10.9 Å². The molecule has 5 N–H and O–H groups in total. The van der Waals surface area contributed by atoms with Crippen molar-refractivity contribution >= 4 is 11.4 Å². The molecule has 0 atom stereocenters. The topological polar surface area (TPSA) is 113 Å². The smallest absolute Gasteiger partial charge is 0.269 e. The van der Waals surface area contributed by atoms with Gasteiger partial charge in [-0.1, -0.05) is 0 Å². The lowest BCUT2D eigenvalue weighted by Crippen LogP contribution is -2.06. The monoisotopic (exact) mass is 171 g/mol. The third kappa shape index (κ3) is 2.19. The van der Waals surface area contributed by atoms with Crippen molar-refractivity contribution in [2.24, 2.45) is 5.84 Å². The maximum absolute atomic E-state index is 10.2. The molecule has 0 aliphatic rings. The molecule has 0 heterocycles. The zero-order valence-electron chi connectivity index (χ0n) is 6.15. The van der Waals surface area contributed by atoms with Crippen LogP contribution in [0, 0.1) is 10.1 Å². The van der Waals surface area contributed by atoms with Gasteiger partial charge in [0.15, 0.2) is 0 Å². The first-order chi connectivity index (χ1) is 5.24. The Hall–Kier alpha value is -1.66. The summed E-state index contributed by atoms with van der Waals surface area (Å²) in [7, 11) is 0. The Kier molecular flexibility index (Phi) is 3.68. The second-order valence-corrected chi connectivity index (χ2v) is 1.95. The van der Waals surface area contributed by atoms with Crippen molar-refractivity contribution in [2.45, 2.75) is 0 Å². The van der Waals surface area contributed by atoms with Crippen LogP contribution in [0.1, 0.15) is 0 Å². The number of nitro benzene ring substituents is 1. The fourth-order valence-corrected chi connectivity index (χ4v) is 0.679. The summed E-state index contributed by atoms with van der Waals surface area (Å²) in [6, 6.07) is 5.85. The van der Waals surface area contributed by atoms with Crippen LogP contribution in [0.2, 0.25) is 0 Å². The van der Waals surface area contributed by atoms with E-state index in [0.29, 0.717) is 5.69 Å². The molecule has 12 heavy (non-hydrogen) atoms. The molecule has 0 spiro atoms. The first-order valence-electron chi connectivity index (χ1n) is 2.95. The molecule has 0 aromatic heterocycles. The maximum atomic E-state index is 10.2. The highest BCUT2D eigenvalue weighted by molar-refractivity contribution is 5.47. The maximum Gasteiger partial charge on any atom is 0.269 e. The number of hydrogen-bond donors (Lipinski definition) is 2. The van der Waals surface area contributed by atoms with E-state index in [1.807, 2.05) is 0 Å². The first-order valence-corrected chi connectivity index (χ1v) is 2.95. The first kappa shape index (κ1) is 10.3. The van der Waals surface area contributed by atoms with E-state index in [4.69, 9.17) is 5.84 Å². The van der Waals surface area contributed by atoms with Crippen LogP contribution in [0.4, 0.5) is 11.4 Å². The number of benzene rings is 1. The minimum atomic E-state index is -0.458. The van der Waals surface area contributed by atoms with Crippen LogP contribution < -0.4 is 11.3 Å². The van der Waals surface area contributed by atoms with Crippen molar-refractivity contribution in [1.82, 2.24) is 0 Å². The summed E-state index contributed by atoms with van der Waals surface area (Å²) in [5.41, 5.74) is 3.08. The lowest BCUT2D eigenvalue weighted by molar-refractivity contribution is -0.384. The minimum absolute atomic E-state index is 0. The Balaban J connectivity index is 0.00000121. The molecule has 0 bridgehead atoms.